The van der Waals surface area contributed by atoms with Gasteiger partial charge in [-0.2, -0.15) is 4.31 Å². The molecule has 8 nitrogen and oxygen atoms in total. The highest BCUT2D eigenvalue weighted by Crippen LogP contribution is 2.23. The molecule has 2 amide bonds. The fourth-order valence-electron chi connectivity index (χ4n) is 2.74. The molecule has 0 bridgehead atoms. The zero-order valence-electron chi connectivity index (χ0n) is 14.0. The molecule has 2 aromatic rings. The van der Waals surface area contributed by atoms with Gasteiger partial charge >= 0.3 is 0 Å². The van der Waals surface area contributed by atoms with Crippen LogP contribution >= 0.6 is 0 Å². The topological polar surface area (TPSA) is 123 Å². The number of primary amides is 1. The van der Waals surface area contributed by atoms with Crippen LogP contribution < -0.4 is 11.1 Å². The zero-order chi connectivity index (χ0) is 18.7. The molecular formula is C17H19N3O5S. The van der Waals surface area contributed by atoms with Crippen LogP contribution in [0.5, 0.6) is 0 Å². The van der Waals surface area contributed by atoms with Crippen LogP contribution in [0.1, 0.15) is 29.0 Å². The second-order valence-electron chi connectivity index (χ2n) is 6.02. The normalized spacial score (nSPS) is 15.1. The highest BCUT2D eigenvalue weighted by molar-refractivity contribution is 7.89. The van der Waals surface area contributed by atoms with Crippen molar-refractivity contribution in [1.82, 2.24) is 4.31 Å². The summed E-state index contributed by atoms with van der Waals surface area (Å²) in [5.41, 5.74) is 6.35. The monoisotopic (exact) mass is 377 g/mol. The van der Waals surface area contributed by atoms with Crippen LogP contribution in [0.4, 0.5) is 5.69 Å². The zero-order valence-corrected chi connectivity index (χ0v) is 14.8. The van der Waals surface area contributed by atoms with Gasteiger partial charge in [0.2, 0.25) is 11.0 Å². The Hall–Kier alpha value is -2.65. The average Bonchev–Trinajstić information content (AvgIpc) is 3.28. The van der Waals surface area contributed by atoms with Gasteiger partial charge in [0, 0.05) is 18.8 Å². The number of nitrogens with zero attached hydrogens (tertiary/aromatic N) is 1. The molecule has 1 aliphatic rings. The third-order valence-electron chi connectivity index (χ3n) is 4.05. The first-order valence-corrected chi connectivity index (χ1v) is 9.59. The van der Waals surface area contributed by atoms with E-state index >= 15 is 0 Å². The average molecular weight is 377 g/mol. The van der Waals surface area contributed by atoms with Gasteiger partial charge < -0.3 is 15.5 Å². The summed E-state index contributed by atoms with van der Waals surface area (Å²) >= 11 is 0. The largest absolute Gasteiger partial charge is 0.438 e. The van der Waals surface area contributed by atoms with Gasteiger partial charge in [-0.25, -0.2) is 8.42 Å². The van der Waals surface area contributed by atoms with Crippen LogP contribution in [-0.2, 0) is 21.2 Å². The summed E-state index contributed by atoms with van der Waals surface area (Å²) in [4.78, 5) is 23.1. The number of hydrogen-bond acceptors (Lipinski definition) is 5. The van der Waals surface area contributed by atoms with Crippen LogP contribution in [-0.4, -0.2) is 37.6 Å². The van der Waals surface area contributed by atoms with E-state index in [4.69, 9.17) is 10.2 Å². The molecule has 1 saturated heterocycles. The van der Waals surface area contributed by atoms with E-state index in [1.165, 1.54) is 16.4 Å². The van der Waals surface area contributed by atoms with Gasteiger partial charge in [-0.3, -0.25) is 9.59 Å². The molecule has 138 valence electrons. The fraction of sp³-hybridized carbons (Fsp3) is 0.294. The first-order valence-electron chi connectivity index (χ1n) is 8.15. The molecule has 0 saturated carbocycles. The van der Waals surface area contributed by atoms with Crippen molar-refractivity contribution in [2.75, 3.05) is 18.4 Å². The minimum atomic E-state index is -3.70. The molecule has 1 aromatic heterocycles. The molecule has 0 atom stereocenters. The Morgan fingerprint density at radius 3 is 2.35 bits per heavy atom. The van der Waals surface area contributed by atoms with E-state index in [1.807, 2.05) is 0 Å². The number of carbonyl (C=O) groups excluding carboxylic acids is 2. The molecular weight excluding hydrogens is 358 g/mol. The first-order chi connectivity index (χ1) is 12.4. The Morgan fingerprint density at radius 2 is 1.73 bits per heavy atom. The summed E-state index contributed by atoms with van der Waals surface area (Å²) in [6, 6.07) is 9.22. The van der Waals surface area contributed by atoms with E-state index in [0.29, 0.717) is 18.8 Å². The van der Waals surface area contributed by atoms with Crippen LogP contribution in [0.2, 0.25) is 0 Å². The number of anilines is 1. The Labute approximate surface area is 151 Å². The van der Waals surface area contributed by atoms with Crippen molar-refractivity contribution in [2.45, 2.75) is 24.4 Å². The fourth-order valence-corrected chi connectivity index (χ4v) is 4.16. The number of benzene rings is 1. The molecule has 3 rings (SSSR count). The van der Waals surface area contributed by atoms with Gasteiger partial charge in [-0.15, -0.1) is 0 Å². The molecule has 0 unspecified atom stereocenters. The number of nitrogens with two attached hydrogens (primary N) is 1. The van der Waals surface area contributed by atoms with E-state index in [2.05, 4.69) is 5.32 Å². The van der Waals surface area contributed by atoms with Gasteiger partial charge in [-0.05, 0) is 42.7 Å². The summed E-state index contributed by atoms with van der Waals surface area (Å²) in [5.74, 6) is -1.09. The van der Waals surface area contributed by atoms with E-state index in [9.17, 15) is 18.0 Å². The lowest BCUT2D eigenvalue weighted by molar-refractivity contribution is -0.117. The minimum Gasteiger partial charge on any atom is -0.438 e. The maximum absolute atomic E-state index is 12.4. The number of sulfonamides is 1. The first kappa shape index (κ1) is 18.2. The van der Waals surface area contributed by atoms with Gasteiger partial charge in [-0.1, -0.05) is 12.1 Å². The van der Waals surface area contributed by atoms with Crippen molar-refractivity contribution in [3.63, 3.8) is 0 Å². The third kappa shape index (κ3) is 3.94. The Morgan fingerprint density at radius 1 is 1.08 bits per heavy atom. The quantitative estimate of drug-likeness (QED) is 0.786. The Kier molecular flexibility index (Phi) is 5.10. The van der Waals surface area contributed by atoms with Crippen LogP contribution in [0.25, 0.3) is 0 Å². The van der Waals surface area contributed by atoms with Gasteiger partial charge in [0.05, 0.1) is 6.42 Å². The Balaban J connectivity index is 1.69. The van der Waals surface area contributed by atoms with Crippen molar-refractivity contribution in [3.05, 3.63) is 47.7 Å². The summed E-state index contributed by atoms with van der Waals surface area (Å²) in [5, 5.41) is 2.38. The van der Waals surface area contributed by atoms with Crippen molar-refractivity contribution in [1.29, 1.82) is 0 Å². The molecule has 0 spiro atoms. The summed E-state index contributed by atoms with van der Waals surface area (Å²) in [6.45, 7) is 0.921. The second-order valence-corrected chi connectivity index (χ2v) is 7.89. The smallest absolute Gasteiger partial charge is 0.291 e. The molecule has 1 fully saturated rings. The number of hydrogen-bond donors (Lipinski definition) is 2. The summed E-state index contributed by atoms with van der Waals surface area (Å²) in [6.07, 6.45) is 1.75. The number of amides is 2. The van der Waals surface area contributed by atoms with Crippen LogP contribution in [0, 0.1) is 0 Å². The van der Waals surface area contributed by atoms with Crippen molar-refractivity contribution in [2.24, 2.45) is 5.73 Å². The maximum Gasteiger partial charge on any atom is 0.291 e. The molecule has 26 heavy (non-hydrogen) atoms. The maximum atomic E-state index is 12.4. The van der Waals surface area contributed by atoms with Gasteiger partial charge in [0.25, 0.3) is 15.9 Å². The van der Waals surface area contributed by atoms with E-state index in [-0.39, 0.29) is 17.3 Å². The second kappa shape index (κ2) is 7.30. The molecule has 9 heteroatoms. The van der Waals surface area contributed by atoms with E-state index in [0.717, 1.165) is 18.4 Å². The molecule has 0 aliphatic carbocycles. The molecule has 3 N–H and O–H groups in total. The van der Waals surface area contributed by atoms with Gasteiger partial charge in [0.1, 0.15) is 0 Å². The van der Waals surface area contributed by atoms with E-state index < -0.39 is 21.8 Å². The lowest BCUT2D eigenvalue weighted by Crippen LogP contribution is -2.27. The third-order valence-corrected chi connectivity index (χ3v) is 5.83. The molecule has 0 radical (unpaired) electrons. The molecule has 1 aromatic carbocycles. The lowest BCUT2D eigenvalue weighted by atomic mass is 10.1. The molecule has 2 heterocycles. The van der Waals surface area contributed by atoms with Crippen molar-refractivity contribution < 1.29 is 22.4 Å². The predicted octanol–water partition coefficient (Wildman–Crippen LogP) is 1.34. The number of rotatable bonds is 6. The lowest BCUT2D eigenvalue weighted by Gasteiger charge is -2.12. The molecule has 1 aliphatic heterocycles. The number of furan rings is 1. The van der Waals surface area contributed by atoms with E-state index in [1.54, 1.807) is 24.3 Å². The summed E-state index contributed by atoms with van der Waals surface area (Å²) < 4.78 is 31.5. The highest BCUT2D eigenvalue weighted by Gasteiger charge is 2.30. The number of carbonyl (C=O) groups is 2. The minimum absolute atomic E-state index is 0.0935. The number of nitrogens with one attached hydrogen (secondary N) is 1. The highest BCUT2D eigenvalue weighted by atomic mass is 32.2. The van der Waals surface area contributed by atoms with Crippen molar-refractivity contribution in [3.8, 4) is 0 Å². The van der Waals surface area contributed by atoms with Crippen LogP contribution in [0.3, 0.4) is 0 Å². The van der Waals surface area contributed by atoms with Gasteiger partial charge in [0.15, 0.2) is 5.76 Å². The predicted molar refractivity (Wildman–Crippen MR) is 94.0 cm³/mol. The standard InChI is InChI=1S/C17H19N3O5S/c18-15(21)11-12-3-5-13(6-4-12)19-17(22)14-7-8-16(25-14)26(23,24)20-9-1-2-10-20/h3-8H,1-2,9-11H2,(H2,18,21)(H,19,22). The summed E-state index contributed by atoms with van der Waals surface area (Å²) in [7, 11) is -3.70. The van der Waals surface area contributed by atoms with Crippen molar-refractivity contribution >= 4 is 27.5 Å². The van der Waals surface area contributed by atoms with Crippen LogP contribution in [0.15, 0.2) is 45.9 Å². The SMILES string of the molecule is NC(=O)Cc1ccc(NC(=O)c2ccc(S(=O)(=O)N3CCCC3)o2)cc1. The Bertz CT molecular complexity index is 912.